The van der Waals surface area contributed by atoms with Crippen molar-refractivity contribution in [2.24, 2.45) is 23.7 Å². The summed E-state index contributed by atoms with van der Waals surface area (Å²) in [6, 6.07) is 0. The summed E-state index contributed by atoms with van der Waals surface area (Å²) in [5, 5.41) is 0. The van der Waals surface area contributed by atoms with Crippen molar-refractivity contribution in [1.82, 2.24) is 0 Å². The number of cyclic esters (lactones) is 1. The monoisotopic (exact) mass is 208 g/mol. The number of hydrogen-bond donors (Lipinski definition) is 0. The van der Waals surface area contributed by atoms with Crippen LogP contribution in [0.4, 0.5) is 0 Å². The molecule has 1 aliphatic heterocycles. The highest BCUT2D eigenvalue weighted by Crippen LogP contribution is 2.53. The van der Waals surface area contributed by atoms with Crippen LogP contribution in [0.5, 0.6) is 0 Å². The molecule has 3 aliphatic rings. The first-order chi connectivity index (χ1) is 7.16. The first-order valence-corrected chi connectivity index (χ1v) is 5.23. The molecule has 5 atom stereocenters. The number of carbonyl (C=O) groups excluding carboxylic acids is 2. The van der Waals surface area contributed by atoms with Gasteiger partial charge in [-0.25, -0.2) is 0 Å². The van der Waals surface area contributed by atoms with Gasteiger partial charge in [0.1, 0.15) is 0 Å². The number of carbonyl (C=O) groups is 2. The smallest absolute Gasteiger partial charge is 0.313 e. The van der Waals surface area contributed by atoms with Gasteiger partial charge in [-0.1, -0.05) is 12.2 Å². The summed E-state index contributed by atoms with van der Waals surface area (Å²) in [5.41, 5.74) is 0. The third-order valence-corrected chi connectivity index (χ3v) is 3.62. The van der Waals surface area contributed by atoms with Crippen LogP contribution in [0.25, 0.3) is 0 Å². The summed E-state index contributed by atoms with van der Waals surface area (Å²) >= 11 is 0. The summed E-state index contributed by atoms with van der Waals surface area (Å²) in [6.07, 6.45) is 4.55. The van der Waals surface area contributed by atoms with Gasteiger partial charge in [0.25, 0.3) is 6.29 Å². The van der Waals surface area contributed by atoms with E-state index in [4.69, 9.17) is 9.47 Å². The summed E-state index contributed by atoms with van der Waals surface area (Å²) in [6.45, 7) is 1.34. The lowest BCUT2D eigenvalue weighted by Gasteiger charge is -2.20. The predicted octanol–water partition coefficient (Wildman–Crippen LogP) is 0.871. The van der Waals surface area contributed by atoms with Crippen LogP contribution >= 0.6 is 0 Å². The molecule has 2 bridgehead atoms. The van der Waals surface area contributed by atoms with E-state index in [2.05, 4.69) is 12.2 Å². The molecule has 1 saturated heterocycles. The van der Waals surface area contributed by atoms with Crippen LogP contribution in [0.15, 0.2) is 12.2 Å². The van der Waals surface area contributed by atoms with Crippen molar-refractivity contribution >= 4 is 11.9 Å². The van der Waals surface area contributed by atoms with Crippen LogP contribution in [0.1, 0.15) is 13.3 Å². The van der Waals surface area contributed by atoms with Crippen molar-refractivity contribution in [2.45, 2.75) is 19.6 Å². The van der Waals surface area contributed by atoms with Gasteiger partial charge in [-0.3, -0.25) is 9.59 Å². The fraction of sp³-hybridized carbons (Fsp3) is 0.636. The van der Waals surface area contributed by atoms with Gasteiger partial charge < -0.3 is 9.47 Å². The molecular formula is C11H12O4. The highest BCUT2D eigenvalue weighted by molar-refractivity contribution is 5.77. The highest BCUT2D eigenvalue weighted by Gasteiger charge is 2.59. The molecule has 2 aliphatic carbocycles. The summed E-state index contributed by atoms with van der Waals surface area (Å²) in [7, 11) is 0. The summed E-state index contributed by atoms with van der Waals surface area (Å²) in [4.78, 5) is 22.5. The highest BCUT2D eigenvalue weighted by atomic mass is 16.7. The molecule has 0 aromatic carbocycles. The Bertz CT molecular complexity index is 360. The topological polar surface area (TPSA) is 52.6 Å². The maximum Gasteiger partial charge on any atom is 0.313 e. The van der Waals surface area contributed by atoms with Gasteiger partial charge in [0.05, 0.1) is 11.8 Å². The molecule has 0 aromatic rings. The molecule has 0 amide bonds. The summed E-state index contributed by atoms with van der Waals surface area (Å²) in [5.74, 6) is 0.0212. The lowest BCUT2D eigenvalue weighted by Crippen LogP contribution is -2.28. The first kappa shape index (κ1) is 8.95. The zero-order chi connectivity index (χ0) is 10.6. The standard InChI is InChI=1S/C11H12O4/c1-5(12)14-11-9-7-3-2-6(4-7)8(9)10(13)15-11/h2-3,6-9,11H,4H2,1H3/t6-,7+,8-,9+,11+/m1/s1. The van der Waals surface area contributed by atoms with Crippen molar-refractivity contribution < 1.29 is 19.1 Å². The Balaban J connectivity index is 1.87. The van der Waals surface area contributed by atoms with Crippen LogP contribution < -0.4 is 0 Å². The van der Waals surface area contributed by atoms with Gasteiger partial charge in [0.2, 0.25) is 0 Å². The van der Waals surface area contributed by atoms with Crippen LogP contribution in [-0.2, 0) is 19.1 Å². The molecule has 1 saturated carbocycles. The van der Waals surface area contributed by atoms with Crippen LogP contribution in [0.3, 0.4) is 0 Å². The van der Waals surface area contributed by atoms with Gasteiger partial charge >= 0.3 is 11.9 Å². The number of fused-ring (bicyclic) bond motifs is 5. The van der Waals surface area contributed by atoms with E-state index in [1.165, 1.54) is 6.92 Å². The Morgan fingerprint density at radius 2 is 2.20 bits per heavy atom. The van der Waals surface area contributed by atoms with E-state index in [-0.39, 0.29) is 23.8 Å². The van der Waals surface area contributed by atoms with E-state index in [0.717, 1.165) is 6.42 Å². The Kier molecular flexibility index (Phi) is 1.69. The molecule has 4 heteroatoms. The normalized spacial score (nSPS) is 45.4. The van der Waals surface area contributed by atoms with Crippen LogP contribution in [0, 0.1) is 23.7 Å². The fourth-order valence-corrected chi connectivity index (χ4v) is 3.10. The van der Waals surface area contributed by atoms with Gasteiger partial charge in [0, 0.05) is 6.92 Å². The first-order valence-electron chi connectivity index (χ1n) is 5.23. The van der Waals surface area contributed by atoms with Crippen molar-refractivity contribution in [2.75, 3.05) is 0 Å². The minimum absolute atomic E-state index is 0.0522. The average Bonchev–Trinajstić information content (AvgIpc) is 2.78. The molecular weight excluding hydrogens is 196 g/mol. The minimum Gasteiger partial charge on any atom is -0.425 e. The van der Waals surface area contributed by atoms with Gasteiger partial charge in [-0.05, 0) is 18.3 Å². The molecule has 0 aromatic heterocycles. The minimum atomic E-state index is -0.653. The number of allylic oxidation sites excluding steroid dienone is 2. The molecule has 3 rings (SSSR count). The van der Waals surface area contributed by atoms with E-state index < -0.39 is 6.29 Å². The third kappa shape index (κ3) is 1.14. The molecule has 0 unspecified atom stereocenters. The second-order valence-electron chi connectivity index (χ2n) is 4.47. The molecule has 0 spiro atoms. The van der Waals surface area contributed by atoms with E-state index >= 15 is 0 Å². The number of ether oxygens (including phenoxy) is 2. The average molecular weight is 208 g/mol. The number of esters is 2. The van der Waals surface area contributed by atoms with E-state index in [1.807, 2.05) is 0 Å². The lowest BCUT2D eigenvalue weighted by atomic mass is 9.85. The van der Waals surface area contributed by atoms with Crippen molar-refractivity contribution in [3.63, 3.8) is 0 Å². The fourth-order valence-electron chi connectivity index (χ4n) is 3.10. The molecule has 2 fully saturated rings. The van der Waals surface area contributed by atoms with Crippen molar-refractivity contribution in [3.8, 4) is 0 Å². The second kappa shape index (κ2) is 2.84. The van der Waals surface area contributed by atoms with E-state index in [9.17, 15) is 9.59 Å². The Labute approximate surface area is 87.2 Å². The van der Waals surface area contributed by atoms with E-state index in [0.29, 0.717) is 11.8 Å². The Hall–Kier alpha value is -1.32. The quantitative estimate of drug-likeness (QED) is 0.474. The van der Waals surface area contributed by atoms with Gasteiger partial charge in [0.15, 0.2) is 0 Å². The van der Waals surface area contributed by atoms with Crippen LogP contribution in [0.2, 0.25) is 0 Å². The molecule has 0 radical (unpaired) electrons. The van der Waals surface area contributed by atoms with Crippen molar-refractivity contribution in [3.05, 3.63) is 12.2 Å². The Morgan fingerprint density at radius 3 is 2.93 bits per heavy atom. The maximum atomic E-state index is 11.6. The zero-order valence-electron chi connectivity index (χ0n) is 8.38. The number of hydrogen-bond acceptors (Lipinski definition) is 4. The molecule has 80 valence electrons. The molecule has 15 heavy (non-hydrogen) atoms. The van der Waals surface area contributed by atoms with Crippen LogP contribution in [-0.4, -0.2) is 18.2 Å². The zero-order valence-corrected chi connectivity index (χ0v) is 8.38. The molecule has 4 nitrogen and oxygen atoms in total. The third-order valence-electron chi connectivity index (χ3n) is 3.62. The largest absolute Gasteiger partial charge is 0.425 e. The lowest BCUT2D eigenvalue weighted by molar-refractivity contribution is -0.181. The molecule has 1 heterocycles. The Morgan fingerprint density at radius 1 is 1.47 bits per heavy atom. The predicted molar refractivity (Wildman–Crippen MR) is 49.4 cm³/mol. The van der Waals surface area contributed by atoms with Gasteiger partial charge in [-0.15, -0.1) is 0 Å². The maximum absolute atomic E-state index is 11.6. The molecule has 0 N–H and O–H groups in total. The SMILES string of the molecule is CC(=O)O[C@H]1OC(=O)[C@H]2[C@@H]1[C@H]1C=C[C@@H]2C1. The van der Waals surface area contributed by atoms with Crippen molar-refractivity contribution in [1.29, 1.82) is 0 Å². The van der Waals surface area contributed by atoms with Gasteiger partial charge in [-0.2, -0.15) is 0 Å². The van der Waals surface area contributed by atoms with E-state index in [1.54, 1.807) is 0 Å². The summed E-state index contributed by atoms with van der Waals surface area (Å²) < 4.78 is 10.1. The second-order valence-corrected chi connectivity index (χ2v) is 4.47. The number of rotatable bonds is 1.